The molecule has 0 fully saturated rings. The number of hydrogen-bond donors (Lipinski definition) is 2. The topological polar surface area (TPSA) is 121 Å². The summed E-state index contributed by atoms with van der Waals surface area (Å²) in [7, 11) is 4.12. The van der Waals surface area contributed by atoms with E-state index in [0.29, 0.717) is 12.6 Å². The minimum Gasteiger partial charge on any atom is -0.475 e. The maximum Gasteiger partial charge on any atom is 0.490 e. The van der Waals surface area contributed by atoms with Gasteiger partial charge in [-0.1, -0.05) is 0 Å². The van der Waals surface area contributed by atoms with E-state index in [0.717, 1.165) is 50.7 Å². The molecule has 222 valence electrons. The van der Waals surface area contributed by atoms with Crippen molar-refractivity contribution in [2.75, 3.05) is 33.8 Å². The molecule has 3 heterocycles. The van der Waals surface area contributed by atoms with E-state index in [1.807, 2.05) is 12.1 Å². The number of carboxylic acid groups (broad SMARTS) is 2. The Balaban J connectivity index is 0.000000449. The summed E-state index contributed by atoms with van der Waals surface area (Å²) in [6.07, 6.45) is -7.40. The maximum absolute atomic E-state index is 10.6. The standard InChI is InChI=1S/C19H30N4O2.2C2HF3O2/c1-15(2)23-19-13-22(12-16-6-5-10-25-16)8-7-17(19)18(20-23)14-24-11-9-21(3)4;2*3-2(4,5)1(6)7/h5-6,10,15H,7-9,11-14H2,1-4H3;2*(H,6,7). The highest BCUT2D eigenvalue weighted by atomic mass is 19.4. The smallest absolute Gasteiger partial charge is 0.475 e. The lowest BCUT2D eigenvalue weighted by Gasteiger charge is -2.27. The van der Waals surface area contributed by atoms with Crippen molar-refractivity contribution in [3.8, 4) is 0 Å². The number of carbonyl (C=O) groups is 2. The minimum absolute atomic E-state index is 0.354. The summed E-state index contributed by atoms with van der Waals surface area (Å²) in [6.45, 7) is 9.45. The Morgan fingerprint density at radius 2 is 1.69 bits per heavy atom. The number of likely N-dealkylation sites (N-methyl/N-ethyl adjacent to an activating group) is 1. The van der Waals surface area contributed by atoms with Crippen molar-refractivity contribution in [2.24, 2.45) is 0 Å². The number of alkyl halides is 6. The fourth-order valence-electron chi connectivity index (χ4n) is 3.29. The molecule has 2 aromatic rings. The van der Waals surface area contributed by atoms with Crippen molar-refractivity contribution in [2.45, 2.75) is 58.4 Å². The Morgan fingerprint density at radius 1 is 1.13 bits per heavy atom. The molecule has 16 heteroatoms. The number of fused-ring (bicyclic) bond motifs is 1. The van der Waals surface area contributed by atoms with Gasteiger partial charge in [-0.05, 0) is 46.5 Å². The molecule has 10 nitrogen and oxygen atoms in total. The third-order valence-corrected chi connectivity index (χ3v) is 5.11. The summed E-state index contributed by atoms with van der Waals surface area (Å²) in [5.41, 5.74) is 3.83. The monoisotopic (exact) mass is 574 g/mol. The van der Waals surface area contributed by atoms with Crippen LogP contribution in [-0.4, -0.2) is 87.9 Å². The predicted molar refractivity (Wildman–Crippen MR) is 125 cm³/mol. The molecule has 0 saturated heterocycles. The van der Waals surface area contributed by atoms with E-state index in [1.54, 1.807) is 6.26 Å². The molecule has 2 N–H and O–H groups in total. The number of hydrogen-bond acceptors (Lipinski definition) is 7. The zero-order valence-electron chi connectivity index (χ0n) is 21.8. The average molecular weight is 575 g/mol. The number of furan rings is 1. The van der Waals surface area contributed by atoms with Crippen LogP contribution in [0.4, 0.5) is 26.3 Å². The fourth-order valence-corrected chi connectivity index (χ4v) is 3.29. The molecular weight excluding hydrogens is 542 g/mol. The third kappa shape index (κ3) is 12.1. The molecule has 0 aromatic carbocycles. The molecule has 0 unspecified atom stereocenters. The van der Waals surface area contributed by atoms with Gasteiger partial charge >= 0.3 is 24.3 Å². The first-order valence-electron chi connectivity index (χ1n) is 11.6. The zero-order valence-corrected chi connectivity index (χ0v) is 21.8. The molecule has 1 aliphatic heterocycles. The number of aromatic nitrogens is 2. The third-order valence-electron chi connectivity index (χ3n) is 5.11. The summed E-state index contributed by atoms with van der Waals surface area (Å²) in [6, 6.07) is 4.35. The van der Waals surface area contributed by atoms with Crippen LogP contribution in [0.25, 0.3) is 0 Å². The number of nitrogens with zero attached hydrogens (tertiary/aromatic N) is 4. The quantitative estimate of drug-likeness (QED) is 0.357. The molecule has 39 heavy (non-hydrogen) atoms. The van der Waals surface area contributed by atoms with Gasteiger partial charge in [0.05, 0.1) is 37.4 Å². The normalized spacial score (nSPS) is 13.8. The average Bonchev–Trinajstić information content (AvgIpc) is 3.44. The predicted octanol–water partition coefficient (Wildman–Crippen LogP) is 3.96. The highest BCUT2D eigenvalue weighted by Crippen LogP contribution is 2.26. The fraction of sp³-hybridized carbons (Fsp3) is 0.609. The SMILES string of the molecule is CC(C)n1nc(COCCN(C)C)c2c1CN(Cc1ccco1)CC2.O=C(O)C(F)(F)F.O=C(O)C(F)(F)F. The van der Waals surface area contributed by atoms with Crippen molar-refractivity contribution in [3.05, 3.63) is 41.1 Å². The van der Waals surface area contributed by atoms with Crippen LogP contribution in [0.5, 0.6) is 0 Å². The van der Waals surface area contributed by atoms with Gasteiger partial charge in [-0.2, -0.15) is 31.4 Å². The molecule has 0 spiro atoms. The molecule has 1 aliphatic rings. The first-order valence-corrected chi connectivity index (χ1v) is 11.6. The second-order valence-electron chi connectivity index (χ2n) is 8.91. The minimum atomic E-state index is -5.08. The second-order valence-corrected chi connectivity index (χ2v) is 8.91. The van der Waals surface area contributed by atoms with Crippen molar-refractivity contribution >= 4 is 11.9 Å². The van der Waals surface area contributed by atoms with Gasteiger partial charge in [-0.3, -0.25) is 9.58 Å². The van der Waals surface area contributed by atoms with Crippen LogP contribution in [0.3, 0.4) is 0 Å². The van der Waals surface area contributed by atoms with Gasteiger partial charge in [-0.15, -0.1) is 0 Å². The Bertz CT molecular complexity index is 1010. The van der Waals surface area contributed by atoms with E-state index in [4.69, 9.17) is 34.1 Å². The summed E-state index contributed by atoms with van der Waals surface area (Å²) >= 11 is 0. The van der Waals surface area contributed by atoms with E-state index in [1.165, 1.54) is 11.3 Å². The van der Waals surface area contributed by atoms with Gasteiger partial charge in [0.15, 0.2) is 0 Å². The van der Waals surface area contributed by atoms with Crippen LogP contribution in [0, 0.1) is 0 Å². The van der Waals surface area contributed by atoms with Crippen LogP contribution in [0.2, 0.25) is 0 Å². The molecule has 3 rings (SSSR count). The van der Waals surface area contributed by atoms with Gasteiger partial charge in [0.25, 0.3) is 0 Å². The lowest BCUT2D eigenvalue weighted by molar-refractivity contribution is -0.193. The van der Waals surface area contributed by atoms with Crippen molar-refractivity contribution in [1.82, 2.24) is 19.6 Å². The Labute approximate surface area is 220 Å². The molecule has 0 amide bonds. The number of carboxylic acids is 2. The Kier molecular flexibility index (Phi) is 12.9. The van der Waals surface area contributed by atoms with E-state index in [9.17, 15) is 26.3 Å². The highest BCUT2D eigenvalue weighted by Gasteiger charge is 2.38. The Hall–Kier alpha value is -3.11. The highest BCUT2D eigenvalue weighted by molar-refractivity contribution is 5.73. The molecule has 0 saturated carbocycles. The van der Waals surface area contributed by atoms with Crippen LogP contribution < -0.4 is 0 Å². The molecule has 0 radical (unpaired) electrons. The van der Waals surface area contributed by atoms with Crippen molar-refractivity contribution < 1.29 is 55.3 Å². The number of rotatable bonds is 8. The van der Waals surface area contributed by atoms with Gasteiger partial charge in [0.1, 0.15) is 5.76 Å². The molecule has 2 aromatic heterocycles. The van der Waals surface area contributed by atoms with Gasteiger partial charge < -0.3 is 24.3 Å². The van der Waals surface area contributed by atoms with E-state index >= 15 is 0 Å². The molecule has 0 aliphatic carbocycles. The first-order chi connectivity index (χ1) is 17.9. The number of halogens is 6. The maximum atomic E-state index is 10.6. The van der Waals surface area contributed by atoms with Crippen LogP contribution in [0.15, 0.2) is 22.8 Å². The van der Waals surface area contributed by atoms with E-state index < -0.39 is 24.3 Å². The summed E-state index contributed by atoms with van der Waals surface area (Å²) in [4.78, 5) is 22.4. The number of aliphatic carboxylic acids is 2. The zero-order chi connectivity index (χ0) is 30.0. The van der Waals surface area contributed by atoms with Crippen LogP contribution in [0.1, 0.15) is 42.6 Å². The van der Waals surface area contributed by atoms with Crippen LogP contribution in [-0.2, 0) is 40.4 Å². The van der Waals surface area contributed by atoms with Gasteiger partial charge in [0, 0.05) is 31.2 Å². The Morgan fingerprint density at radius 3 is 2.13 bits per heavy atom. The molecule has 0 bridgehead atoms. The van der Waals surface area contributed by atoms with Gasteiger partial charge in [0.2, 0.25) is 0 Å². The summed E-state index contributed by atoms with van der Waals surface area (Å²) in [5, 5.41) is 19.1. The van der Waals surface area contributed by atoms with E-state index in [-0.39, 0.29) is 0 Å². The largest absolute Gasteiger partial charge is 0.490 e. The van der Waals surface area contributed by atoms with Crippen LogP contribution >= 0.6 is 0 Å². The summed E-state index contributed by atoms with van der Waals surface area (Å²) in [5.74, 6) is -4.49. The van der Waals surface area contributed by atoms with Crippen molar-refractivity contribution in [1.29, 1.82) is 0 Å². The summed E-state index contributed by atoms with van der Waals surface area (Å²) < 4.78 is 77.0. The van der Waals surface area contributed by atoms with E-state index in [2.05, 4.69) is 42.4 Å². The molecular formula is C23H32F6N4O6. The first kappa shape index (κ1) is 33.9. The van der Waals surface area contributed by atoms with Crippen molar-refractivity contribution in [3.63, 3.8) is 0 Å². The molecule has 0 atom stereocenters. The van der Waals surface area contributed by atoms with Gasteiger partial charge in [-0.25, -0.2) is 9.59 Å². The lowest BCUT2D eigenvalue weighted by atomic mass is 10.0. The number of ether oxygens (including phenoxy) is 1. The lowest BCUT2D eigenvalue weighted by Crippen LogP contribution is -2.31. The second kappa shape index (κ2) is 14.9.